The summed E-state index contributed by atoms with van der Waals surface area (Å²) in [6, 6.07) is 0. The molecule has 0 aromatic carbocycles. The van der Waals surface area contributed by atoms with Crippen molar-refractivity contribution in [2.45, 2.75) is 33.1 Å². The number of aliphatic imine (C=N–C) groups is 1. The maximum absolute atomic E-state index is 5.29. The summed E-state index contributed by atoms with van der Waals surface area (Å²) < 4.78 is 5.29. The molecule has 1 rings (SSSR count). The van der Waals surface area contributed by atoms with Gasteiger partial charge >= 0.3 is 0 Å². The molecule has 0 radical (unpaired) electrons. The number of nitrogens with one attached hydrogen (secondary N) is 2. The van der Waals surface area contributed by atoms with Crippen LogP contribution in [0.4, 0.5) is 0 Å². The van der Waals surface area contributed by atoms with E-state index in [-0.39, 0.29) is 0 Å². The van der Waals surface area contributed by atoms with Crippen LogP contribution in [0, 0.1) is 5.92 Å². The minimum atomic E-state index is 0.725. The van der Waals surface area contributed by atoms with E-state index in [0.29, 0.717) is 0 Å². The second-order valence-corrected chi connectivity index (χ2v) is 5.52. The fourth-order valence-corrected chi connectivity index (χ4v) is 2.61. The Hall–Kier alpha value is -0.810. The molecule has 0 aromatic heterocycles. The van der Waals surface area contributed by atoms with Crippen molar-refractivity contribution in [1.82, 2.24) is 15.5 Å². The predicted molar refractivity (Wildman–Crippen MR) is 85.3 cm³/mol. The average Bonchev–Trinajstić information content (AvgIpc) is 2.46. The van der Waals surface area contributed by atoms with E-state index in [2.05, 4.69) is 27.4 Å². The van der Waals surface area contributed by atoms with Gasteiger partial charge in [0.15, 0.2) is 5.96 Å². The third kappa shape index (κ3) is 7.70. The largest absolute Gasteiger partial charge is 0.380 e. The lowest BCUT2D eigenvalue weighted by atomic mass is 10.0. The highest BCUT2D eigenvalue weighted by Gasteiger charge is 2.15. The predicted octanol–water partition coefficient (Wildman–Crippen LogP) is 1.31. The molecule has 1 atom stereocenters. The molecule has 1 unspecified atom stereocenters. The molecule has 5 nitrogen and oxygen atoms in total. The van der Waals surface area contributed by atoms with Crippen LogP contribution >= 0.6 is 0 Å². The lowest BCUT2D eigenvalue weighted by Gasteiger charge is -2.30. The summed E-state index contributed by atoms with van der Waals surface area (Å²) in [5.41, 5.74) is 0. The number of hydrogen-bond donors (Lipinski definition) is 2. The molecule has 1 aliphatic heterocycles. The highest BCUT2D eigenvalue weighted by Crippen LogP contribution is 2.15. The van der Waals surface area contributed by atoms with Crippen LogP contribution in [0.3, 0.4) is 0 Å². The van der Waals surface area contributed by atoms with Crippen molar-refractivity contribution in [1.29, 1.82) is 0 Å². The van der Waals surface area contributed by atoms with Gasteiger partial charge in [0.05, 0.1) is 6.61 Å². The van der Waals surface area contributed by atoms with E-state index in [4.69, 9.17) is 4.74 Å². The van der Waals surface area contributed by atoms with Crippen molar-refractivity contribution in [2.75, 3.05) is 53.0 Å². The number of ether oxygens (including phenoxy) is 1. The van der Waals surface area contributed by atoms with Crippen molar-refractivity contribution >= 4 is 5.96 Å². The lowest BCUT2D eigenvalue weighted by Crippen LogP contribution is -2.41. The van der Waals surface area contributed by atoms with Gasteiger partial charge in [-0.25, -0.2) is 0 Å². The van der Waals surface area contributed by atoms with E-state index in [9.17, 15) is 0 Å². The molecule has 5 heteroatoms. The summed E-state index contributed by atoms with van der Waals surface area (Å²) in [5.74, 6) is 1.74. The molecule has 1 aliphatic rings. The number of guanidine groups is 1. The van der Waals surface area contributed by atoms with Crippen LogP contribution in [0.15, 0.2) is 4.99 Å². The van der Waals surface area contributed by atoms with Gasteiger partial charge in [-0.1, -0.05) is 6.92 Å². The second kappa shape index (κ2) is 10.9. The van der Waals surface area contributed by atoms with E-state index in [1.54, 1.807) is 0 Å². The molecule has 0 aromatic rings. The zero-order valence-electron chi connectivity index (χ0n) is 13.5. The second-order valence-electron chi connectivity index (χ2n) is 5.52. The van der Waals surface area contributed by atoms with Gasteiger partial charge in [-0.3, -0.25) is 4.99 Å². The highest BCUT2D eigenvalue weighted by molar-refractivity contribution is 5.79. The Morgan fingerprint density at radius 3 is 2.85 bits per heavy atom. The van der Waals surface area contributed by atoms with E-state index in [1.165, 1.54) is 38.9 Å². The van der Waals surface area contributed by atoms with Gasteiger partial charge in [0.25, 0.3) is 0 Å². The summed E-state index contributed by atoms with van der Waals surface area (Å²) in [6.07, 6.45) is 3.92. The third-order valence-electron chi connectivity index (χ3n) is 3.65. The summed E-state index contributed by atoms with van der Waals surface area (Å²) in [6.45, 7) is 11.4. The molecule has 0 spiro atoms. The summed E-state index contributed by atoms with van der Waals surface area (Å²) in [7, 11) is 1.81. The first kappa shape index (κ1) is 17.2. The van der Waals surface area contributed by atoms with Crippen molar-refractivity contribution in [2.24, 2.45) is 10.9 Å². The molecule has 1 fully saturated rings. The van der Waals surface area contributed by atoms with Gasteiger partial charge in [-0.05, 0) is 45.2 Å². The normalized spacial score (nSPS) is 20.9. The molecule has 0 aliphatic carbocycles. The van der Waals surface area contributed by atoms with Crippen LogP contribution in [0.5, 0.6) is 0 Å². The molecule has 1 heterocycles. The van der Waals surface area contributed by atoms with Gasteiger partial charge in [-0.15, -0.1) is 0 Å². The Morgan fingerprint density at radius 2 is 2.15 bits per heavy atom. The molecule has 2 N–H and O–H groups in total. The summed E-state index contributed by atoms with van der Waals surface area (Å²) in [4.78, 5) is 6.79. The zero-order valence-corrected chi connectivity index (χ0v) is 13.5. The third-order valence-corrected chi connectivity index (χ3v) is 3.65. The number of piperidine rings is 1. The first-order valence-corrected chi connectivity index (χ1v) is 8.00. The monoisotopic (exact) mass is 284 g/mol. The lowest BCUT2D eigenvalue weighted by molar-refractivity contribution is 0.152. The van der Waals surface area contributed by atoms with Crippen LogP contribution in [-0.2, 0) is 4.74 Å². The Kier molecular flexibility index (Phi) is 9.41. The molecule has 1 saturated heterocycles. The van der Waals surface area contributed by atoms with E-state index >= 15 is 0 Å². The minimum absolute atomic E-state index is 0.725. The van der Waals surface area contributed by atoms with Gasteiger partial charge in [0.2, 0.25) is 0 Å². The number of nitrogens with zero attached hydrogens (tertiary/aromatic N) is 2. The van der Waals surface area contributed by atoms with Crippen LogP contribution < -0.4 is 10.6 Å². The maximum atomic E-state index is 5.29. The Balaban J connectivity index is 2.03. The van der Waals surface area contributed by atoms with Crippen LogP contribution in [0.1, 0.15) is 33.1 Å². The van der Waals surface area contributed by atoms with E-state index < -0.39 is 0 Å². The van der Waals surface area contributed by atoms with Crippen molar-refractivity contribution < 1.29 is 4.74 Å². The molecule has 0 bridgehead atoms. The van der Waals surface area contributed by atoms with Crippen LogP contribution in [0.25, 0.3) is 0 Å². The van der Waals surface area contributed by atoms with Crippen LogP contribution in [-0.4, -0.2) is 63.8 Å². The molecule has 20 heavy (non-hydrogen) atoms. The molecule has 118 valence electrons. The summed E-state index contributed by atoms with van der Waals surface area (Å²) >= 11 is 0. The fourth-order valence-electron chi connectivity index (χ4n) is 2.61. The number of likely N-dealkylation sites (tertiary alicyclic amines) is 1. The van der Waals surface area contributed by atoms with Crippen molar-refractivity contribution in [3.8, 4) is 0 Å². The molecule has 0 amide bonds. The average molecular weight is 284 g/mol. The van der Waals surface area contributed by atoms with Crippen molar-refractivity contribution in [3.05, 3.63) is 0 Å². The zero-order chi connectivity index (χ0) is 14.6. The smallest absolute Gasteiger partial charge is 0.191 e. The van der Waals surface area contributed by atoms with Gasteiger partial charge < -0.3 is 20.3 Å². The standard InChI is InChI=1S/C15H32N4O/c1-4-20-12-9-18-15(16-3)17-8-6-11-19-10-5-7-14(2)13-19/h14H,4-13H2,1-3H3,(H2,16,17,18). The quantitative estimate of drug-likeness (QED) is 0.401. The maximum Gasteiger partial charge on any atom is 0.191 e. The first-order chi connectivity index (χ1) is 9.76. The summed E-state index contributed by atoms with van der Waals surface area (Å²) in [5, 5.41) is 6.60. The SMILES string of the molecule is CCOCCNC(=NC)NCCCN1CCCC(C)C1. The number of rotatable bonds is 8. The molecule has 0 saturated carbocycles. The van der Waals surface area contributed by atoms with E-state index in [0.717, 1.165) is 38.2 Å². The number of hydrogen-bond acceptors (Lipinski definition) is 3. The first-order valence-electron chi connectivity index (χ1n) is 8.00. The molecular formula is C15H32N4O. The highest BCUT2D eigenvalue weighted by atomic mass is 16.5. The Morgan fingerprint density at radius 1 is 1.35 bits per heavy atom. The van der Waals surface area contributed by atoms with Gasteiger partial charge in [0, 0.05) is 33.3 Å². The van der Waals surface area contributed by atoms with Gasteiger partial charge in [-0.2, -0.15) is 0 Å². The van der Waals surface area contributed by atoms with Gasteiger partial charge in [0.1, 0.15) is 0 Å². The van der Waals surface area contributed by atoms with Crippen LogP contribution in [0.2, 0.25) is 0 Å². The minimum Gasteiger partial charge on any atom is -0.380 e. The Bertz CT molecular complexity index is 271. The Labute approximate surface area is 124 Å². The van der Waals surface area contributed by atoms with E-state index in [1.807, 2.05) is 14.0 Å². The topological polar surface area (TPSA) is 48.9 Å². The van der Waals surface area contributed by atoms with Crippen molar-refractivity contribution in [3.63, 3.8) is 0 Å². The molecular weight excluding hydrogens is 252 g/mol. The fraction of sp³-hybridized carbons (Fsp3) is 0.933.